The van der Waals surface area contributed by atoms with Gasteiger partial charge in [0.1, 0.15) is 5.82 Å². The molecule has 0 bridgehead atoms. The normalized spacial score (nSPS) is 18.0. The second-order valence-electron chi connectivity index (χ2n) is 6.63. The summed E-state index contributed by atoms with van der Waals surface area (Å²) in [5, 5.41) is 6.90. The van der Waals surface area contributed by atoms with Crippen molar-refractivity contribution in [2.24, 2.45) is 13.0 Å². The zero-order chi connectivity index (χ0) is 17.1. The number of carbonyl (C=O) groups is 1. The van der Waals surface area contributed by atoms with E-state index in [1.807, 2.05) is 19.2 Å². The zero-order valence-electron chi connectivity index (χ0n) is 14.1. The van der Waals surface area contributed by atoms with Crippen molar-refractivity contribution < 1.29 is 9.18 Å². The molecule has 1 fully saturated rings. The summed E-state index contributed by atoms with van der Waals surface area (Å²) in [6.07, 6.45) is 5.42. The van der Waals surface area contributed by atoms with E-state index in [-0.39, 0.29) is 11.7 Å². The van der Waals surface area contributed by atoms with Gasteiger partial charge in [-0.3, -0.25) is 14.4 Å². The maximum Gasteiger partial charge on any atom is 0.238 e. The largest absolute Gasteiger partial charge is 0.322 e. The number of amides is 1. The minimum atomic E-state index is -0.154. The van der Waals surface area contributed by atoms with Crippen LogP contribution in [0.2, 0.25) is 0 Å². The van der Waals surface area contributed by atoms with Crippen LogP contribution in [0.15, 0.2) is 30.6 Å². The lowest BCUT2D eigenvalue weighted by Crippen LogP contribution is -2.31. The van der Waals surface area contributed by atoms with Crippen molar-refractivity contribution in [1.29, 1.82) is 0 Å². The first kappa shape index (κ1) is 16.6. The number of aromatic nitrogens is 2. The van der Waals surface area contributed by atoms with Crippen LogP contribution in [0.25, 0.3) is 0 Å². The van der Waals surface area contributed by atoms with E-state index in [4.69, 9.17) is 0 Å². The first-order chi connectivity index (χ1) is 11.5. The summed E-state index contributed by atoms with van der Waals surface area (Å²) >= 11 is 0. The highest BCUT2D eigenvalue weighted by Gasteiger charge is 2.24. The number of anilines is 1. The summed E-state index contributed by atoms with van der Waals surface area (Å²) in [4.78, 5) is 14.3. The van der Waals surface area contributed by atoms with E-state index in [0.717, 1.165) is 31.6 Å². The molecule has 1 aromatic heterocycles. The first-order valence-electron chi connectivity index (χ1n) is 8.25. The maximum atomic E-state index is 13.3. The second-order valence-corrected chi connectivity index (χ2v) is 6.63. The molecule has 2 heterocycles. The van der Waals surface area contributed by atoms with Gasteiger partial charge in [-0.15, -0.1) is 0 Å². The lowest BCUT2D eigenvalue weighted by atomic mass is 9.97. The van der Waals surface area contributed by atoms with Gasteiger partial charge in [0, 0.05) is 19.8 Å². The van der Waals surface area contributed by atoms with E-state index in [2.05, 4.69) is 15.3 Å². The highest BCUT2D eigenvalue weighted by Crippen LogP contribution is 2.22. The molecule has 24 heavy (non-hydrogen) atoms. The fourth-order valence-corrected chi connectivity index (χ4v) is 3.28. The third kappa shape index (κ3) is 4.20. The molecule has 128 valence electrons. The minimum absolute atomic E-state index is 0.0127. The third-order valence-electron chi connectivity index (χ3n) is 4.47. The number of benzene rings is 1. The van der Waals surface area contributed by atoms with Crippen LogP contribution in [0.4, 0.5) is 10.1 Å². The Morgan fingerprint density at radius 1 is 1.46 bits per heavy atom. The highest BCUT2D eigenvalue weighted by molar-refractivity contribution is 5.91. The number of halogens is 1. The second kappa shape index (κ2) is 7.13. The summed E-state index contributed by atoms with van der Waals surface area (Å²) < 4.78 is 15.0. The Kier molecular flexibility index (Phi) is 4.94. The Labute approximate surface area is 141 Å². The van der Waals surface area contributed by atoms with Crippen molar-refractivity contribution in [3.05, 3.63) is 47.5 Å². The predicted molar refractivity (Wildman–Crippen MR) is 91.2 cm³/mol. The van der Waals surface area contributed by atoms with Crippen molar-refractivity contribution in [2.45, 2.75) is 19.8 Å². The monoisotopic (exact) mass is 330 g/mol. The van der Waals surface area contributed by atoms with Gasteiger partial charge in [0.05, 0.1) is 18.4 Å². The van der Waals surface area contributed by atoms with Gasteiger partial charge in [-0.1, -0.05) is 12.1 Å². The molecule has 6 heteroatoms. The molecule has 1 aliphatic rings. The highest BCUT2D eigenvalue weighted by atomic mass is 19.1. The summed E-state index contributed by atoms with van der Waals surface area (Å²) in [5.74, 6) is 0.348. The van der Waals surface area contributed by atoms with E-state index < -0.39 is 0 Å². The van der Waals surface area contributed by atoms with Gasteiger partial charge in [0.15, 0.2) is 0 Å². The van der Waals surface area contributed by atoms with Crippen molar-refractivity contribution in [3.63, 3.8) is 0 Å². The molecule has 1 aliphatic heterocycles. The average molecular weight is 330 g/mol. The zero-order valence-corrected chi connectivity index (χ0v) is 14.1. The number of carbonyl (C=O) groups excluding carboxylic acids is 1. The molecule has 1 N–H and O–H groups in total. The van der Waals surface area contributed by atoms with Crippen molar-refractivity contribution >= 4 is 11.6 Å². The summed E-state index contributed by atoms with van der Waals surface area (Å²) in [5.41, 5.74) is 2.58. The molecule has 1 atom stereocenters. The molecule has 3 rings (SSSR count). The van der Waals surface area contributed by atoms with E-state index in [1.54, 1.807) is 30.1 Å². The summed E-state index contributed by atoms with van der Waals surface area (Å²) in [6, 6.07) is 5.33. The van der Waals surface area contributed by atoms with Crippen LogP contribution in [-0.4, -0.2) is 40.2 Å². The fourth-order valence-electron chi connectivity index (χ4n) is 3.28. The molecule has 0 radical (unpaired) electrons. The summed E-state index contributed by atoms with van der Waals surface area (Å²) in [7, 11) is 1.82. The predicted octanol–water partition coefficient (Wildman–Crippen LogP) is 2.37. The Hall–Kier alpha value is -2.21. The van der Waals surface area contributed by atoms with E-state index in [9.17, 15) is 9.18 Å². The topological polar surface area (TPSA) is 50.2 Å². The molecule has 0 spiro atoms. The van der Waals surface area contributed by atoms with Gasteiger partial charge in [-0.25, -0.2) is 4.39 Å². The van der Waals surface area contributed by atoms with Gasteiger partial charge in [-0.2, -0.15) is 5.10 Å². The van der Waals surface area contributed by atoms with Crippen LogP contribution in [-0.2, 0) is 18.3 Å². The van der Waals surface area contributed by atoms with Crippen molar-refractivity contribution in [3.8, 4) is 0 Å². The molecule has 1 amide bonds. The Morgan fingerprint density at radius 2 is 2.29 bits per heavy atom. The van der Waals surface area contributed by atoms with Crippen LogP contribution in [0.3, 0.4) is 0 Å². The quantitative estimate of drug-likeness (QED) is 0.916. The molecule has 5 nitrogen and oxygen atoms in total. The SMILES string of the molecule is Cc1cc(CC2CCN(CC(=O)Nc3cnn(C)c3)C2)ccc1F. The third-order valence-corrected chi connectivity index (χ3v) is 4.47. The van der Waals surface area contributed by atoms with Crippen molar-refractivity contribution in [2.75, 3.05) is 25.0 Å². The standard InChI is InChI=1S/C18H23FN4O/c1-13-7-14(3-4-17(13)19)8-15-5-6-23(10-15)12-18(24)21-16-9-20-22(2)11-16/h3-4,7,9,11,15H,5-6,8,10,12H2,1-2H3,(H,21,24). The van der Waals surface area contributed by atoms with Crippen LogP contribution in [0.1, 0.15) is 17.5 Å². The summed E-state index contributed by atoms with van der Waals surface area (Å²) in [6.45, 7) is 4.01. The molecular formula is C18H23FN4O. The van der Waals surface area contributed by atoms with Gasteiger partial charge in [0.25, 0.3) is 0 Å². The molecule has 2 aromatic rings. The molecule has 0 aliphatic carbocycles. The smallest absolute Gasteiger partial charge is 0.238 e. The first-order valence-corrected chi connectivity index (χ1v) is 8.25. The molecule has 0 saturated carbocycles. The number of hydrogen-bond donors (Lipinski definition) is 1. The number of nitrogens with one attached hydrogen (secondary N) is 1. The number of hydrogen-bond acceptors (Lipinski definition) is 3. The molecule has 1 aromatic carbocycles. The lowest BCUT2D eigenvalue weighted by Gasteiger charge is -2.15. The maximum absolute atomic E-state index is 13.3. The Morgan fingerprint density at radius 3 is 3.00 bits per heavy atom. The van der Waals surface area contributed by atoms with E-state index >= 15 is 0 Å². The van der Waals surface area contributed by atoms with Gasteiger partial charge in [-0.05, 0) is 49.4 Å². The fraction of sp³-hybridized carbons (Fsp3) is 0.444. The molecular weight excluding hydrogens is 307 g/mol. The van der Waals surface area contributed by atoms with Crippen LogP contribution in [0, 0.1) is 18.7 Å². The van der Waals surface area contributed by atoms with E-state index in [0.29, 0.717) is 18.0 Å². The van der Waals surface area contributed by atoms with Gasteiger partial charge in [0.2, 0.25) is 5.91 Å². The molecule has 1 unspecified atom stereocenters. The number of rotatable bonds is 5. The van der Waals surface area contributed by atoms with Crippen LogP contribution < -0.4 is 5.32 Å². The number of likely N-dealkylation sites (tertiary alicyclic amines) is 1. The number of aryl methyl sites for hydroxylation is 2. The van der Waals surface area contributed by atoms with E-state index in [1.165, 1.54) is 5.56 Å². The lowest BCUT2D eigenvalue weighted by molar-refractivity contribution is -0.117. The van der Waals surface area contributed by atoms with Gasteiger partial charge >= 0.3 is 0 Å². The van der Waals surface area contributed by atoms with Crippen molar-refractivity contribution in [1.82, 2.24) is 14.7 Å². The Bertz CT molecular complexity index is 728. The Balaban J connectivity index is 1.48. The minimum Gasteiger partial charge on any atom is -0.322 e. The van der Waals surface area contributed by atoms with Gasteiger partial charge < -0.3 is 5.32 Å². The van der Waals surface area contributed by atoms with Crippen LogP contribution >= 0.6 is 0 Å². The van der Waals surface area contributed by atoms with Crippen LogP contribution in [0.5, 0.6) is 0 Å². The average Bonchev–Trinajstić information content (AvgIpc) is 3.12. The molecule has 1 saturated heterocycles. The number of nitrogens with zero attached hydrogens (tertiary/aromatic N) is 3.